The number of amides is 1. The molecule has 0 radical (unpaired) electrons. The van der Waals surface area contributed by atoms with Gasteiger partial charge in [0.05, 0.1) is 32.0 Å². The molecule has 0 aromatic carbocycles. The number of rotatable bonds is 33. The van der Waals surface area contributed by atoms with Crippen molar-refractivity contribution in [3.05, 3.63) is 36.5 Å². The van der Waals surface area contributed by atoms with Gasteiger partial charge in [0.1, 0.15) is 48.8 Å². The molecule has 14 nitrogen and oxygen atoms in total. The molecule has 12 unspecified atom stereocenters. The van der Waals surface area contributed by atoms with Gasteiger partial charge in [0.25, 0.3) is 0 Å². The van der Waals surface area contributed by atoms with E-state index in [4.69, 9.17) is 18.9 Å². The summed E-state index contributed by atoms with van der Waals surface area (Å²) in [5.74, 6) is -0.239. The SMILES string of the molecule is CC/C=C\C/C=C\C/C=C\CCCCCC(=O)NC(COC1OC(CO)C(OC2OC(CO)C(O)C(O)C2O)C(O)C1O)C(O)CCCCCCCCCCCCCC. The van der Waals surface area contributed by atoms with Gasteiger partial charge in [-0.25, -0.2) is 0 Å². The second kappa shape index (κ2) is 32.9. The molecule has 0 bridgehead atoms. The van der Waals surface area contributed by atoms with Gasteiger partial charge < -0.3 is 65.1 Å². The van der Waals surface area contributed by atoms with Crippen molar-refractivity contribution in [2.24, 2.45) is 0 Å². The van der Waals surface area contributed by atoms with Crippen LogP contribution in [0.5, 0.6) is 0 Å². The molecular formula is C45H81NO13. The largest absolute Gasteiger partial charge is 0.394 e. The van der Waals surface area contributed by atoms with E-state index < -0.39 is 86.8 Å². The lowest BCUT2D eigenvalue weighted by Crippen LogP contribution is -2.65. The standard InChI is InChI=1S/C45H81NO13/c1-3-5-7-9-11-13-15-17-19-21-23-25-27-29-37(50)46-33(34(49)28-26-24-22-20-18-16-14-12-10-8-6-4-2)32-56-44-42(55)40(53)43(36(31-48)58-44)59-45-41(54)39(52)38(51)35(30-47)57-45/h5,7,11,13,17,19,33-36,38-45,47-49,51-55H,3-4,6,8-10,12,14-16,18,20-32H2,1-2H3,(H,46,50)/b7-5-,13-11-,19-17-. The number of ether oxygens (including phenoxy) is 4. The van der Waals surface area contributed by atoms with E-state index in [2.05, 4.69) is 55.6 Å². The molecule has 9 N–H and O–H groups in total. The molecule has 0 spiro atoms. The summed E-state index contributed by atoms with van der Waals surface area (Å²) in [5, 5.41) is 86.5. The summed E-state index contributed by atoms with van der Waals surface area (Å²) in [6.45, 7) is 2.67. The molecule has 0 saturated carbocycles. The Hall–Kier alpha value is -1.79. The zero-order valence-electron chi connectivity index (χ0n) is 36.0. The quantitative estimate of drug-likeness (QED) is 0.0331. The molecule has 0 aliphatic carbocycles. The third-order valence-electron chi connectivity index (χ3n) is 11.1. The molecule has 2 fully saturated rings. The number of carbonyl (C=O) groups is 1. The average molecular weight is 844 g/mol. The lowest BCUT2D eigenvalue weighted by Gasteiger charge is -2.46. The molecule has 2 rings (SSSR count). The number of hydrogen-bond donors (Lipinski definition) is 9. The minimum atomic E-state index is -1.78. The number of carbonyl (C=O) groups excluding carboxylic acids is 1. The van der Waals surface area contributed by atoms with Crippen LogP contribution in [0.1, 0.15) is 149 Å². The van der Waals surface area contributed by atoms with Crippen LogP contribution in [0.2, 0.25) is 0 Å². The van der Waals surface area contributed by atoms with Gasteiger partial charge in [-0.3, -0.25) is 4.79 Å². The lowest BCUT2D eigenvalue weighted by molar-refractivity contribution is -0.359. The van der Waals surface area contributed by atoms with Crippen LogP contribution in [-0.4, -0.2) is 140 Å². The van der Waals surface area contributed by atoms with Gasteiger partial charge in [-0.2, -0.15) is 0 Å². The molecule has 344 valence electrons. The molecule has 59 heavy (non-hydrogen) atoms. The maximum Gasteiger partial charge on any atom is 0.220 e. The highest BCUT2D eigenvalue weighted by molar-refractivity contribution is 5.76. The predicted molar refractivity (Wildman–Crippen MR) is 226 cm³/mol. The molecule has 2 heterocycles. The number of aliphatic hydroxyl groups excluding tert-OH is 8. The smallest absolute Gasteiger partial charge is 0.220 e. The van der Waals surface area contributed by atoms with Gasteiger partial charge in [-0.05, 0) is 44.9 Å². The fourth-order valence-electron chi connectivity index (χ4n) is 7.37. The maximum atomic E-state index is 13.1. The van der Waals surface area contributed by atoms with Crippen LogP contribution in [0.3, 0.4) is 0 Å². The third-order valence-corrected chi connectivity index (χ3v) is 11.1. The molecular weight excluding hydrogens is 762 g/mol. The van der Waals surface area contributed by atoms with Crippen LogP contribution in [0.25, 0.3) is 0 Å². The summed E-state index contributed by atoms with van der Waals surface area (Å²) in [4.78, 5) is 13.1. The summed E-state index contributed by atoms with van der Waals surface area (Å²) in [7, 11) is 0. The fraction of sp³-hybridized carbons (Fsp3) is 0.844. The summed E-state index contributed by atoms with van der Waals surface area (Å²) >= 11 is 0. The van der Waals surface area contributed by atoms with Gasteiger partial charge in [0, 0.05) is 6.42 Å². The van der Waals surface area contributed by atoms with Crippen molar-refractivity contribution in [2.45, 2.75) is 222 Å². The first-order chi connectivity index (χ1) is 28.6. The molecule has 0 aromatic heterocycles. The second-order valence-corrected chi connectivity index (χ2v) is 16.2. The van der Waals surface area contributed by atoms with Crippen LogP contribution in [0.4, 0.5) is 0 Å². The maximum absolute atomic E-state index is 13.1. The summed E-state index contributed by atoms with van der Waals surface area (Å²) in [5.41, 5.74) is 0. The minimum absolute atomic E-state index is 0.239. The van der Waals surface area contributed by atoms with E-state index in [9.17, 15) is 45.6 Å². The summed E-state index contributed by atoms with van der Waals surface area (Å²) in [6, 6.07) is -0.840. The highest BCUT2D eigenvalue weighted by Gasteiger charge is 2.51. The Balaban J connectivity index is 1.90. The summed E-state index contributed by atoms with van der Waals surface area (Å²) in [6.07, 6.45) is 17.3. The highest BCUT2D eigenvalue weighted by atomic mass is 16.7. The number of allylic oxidation sites excluding steroid dienone is 6. The van der Waals surface area contributed by atoms with Gasteiger partial charge in [-0.1, -0.05) is 134 Å². The van der Waals surface area contributed by atoms with Crippen molar-refractivity contribution in [1.82, 2.24) is 5.32 Å². The minimum Gasteiger partial charge on any atom is -0.394 e. The molecule has 2 aliphatic heterocycles. The van der Waals surface area contributed by atoms with Crippen molar-refractivity contribution in [3.63, 3.8) is 0 Å². The zero-order chi connectivity index (χ0) is 43.3. The van der Waals surface area contributed by atoms with Crippen molar-refractivity contribution < 1.29 is 64.6 Å². The van der Waals surface area contributed by atoms with Gasteiger partial charge in [0.15, 0.2) is 12.6 Å². The first kappa shape index (κ1) is 53.3. The Morgan fingerprint density at radius 3 is 1.78 bits per heavy atom. The topological polar surface area (TPSA) is 228 Å². The Bertz CT molecular complexity index is 1140. The first-order valence-electron chi connectivity index (χ1n) is 22.7. The number of nitrogens with one attached hydrogen (secondary N) is 1. The van der Waals surface area contributed by atoms with Gasteiger partial charge >= 0.3 is 0 Å². The number of aliphatic hydroxyl groups is 8. The van der Waals surface area contributed by atoms with Gasteiger partial charge in [-0.15, -0.1) is 0 Å². The Morgan fingerprint density at radius 1 is 0.627 bits per heavy atom. The Labute approximate surface area is 353 Å². The van der Waals surface area contributed by atoms with Crippen LogP contribution in [0, 0.1) is 0 Å². The van der Waals surface area contributed by atoms with Crippen molar-refractivity contribution in [3.8, 4) is 0 Å². The first-order valence-corrected chi connectivity index (χ1v) is 22.7. The number of hydrogen-bond acceptors (Lipinski definition) is 13. The van der Waals surface area contributed by atoms with Crippen molar-refractivity contribution in [1.29, 1.82) is 0 Å². The zero-order valence-corrected chi connectivity index (χ0v) is 36.0. The molecule has 2 saturated heterocycles. The van der Waals surface area contributed by atoms with E-state index in [1.165, 1.54) is 51.4 Å². The third kappa shape index (κ3) is 21.2. The van der Waals surface area contributed by atoms with Crippen LogP contribution >= 0.6 is 0 Å². The number of unbranched alkanes of at least 4 members (excludes halogenated alkanes) is 14. The van der Waals surface area contributed by atoms with E-state index in [-0.39, 0.29) is 18.9 Å². The van der Waals surface area contributed by atoms with Crippen molar-refractivity contribution in [2.75, 3.05) is 19.8 Å². The Kier molecular flexibility index (Phi) is 29.7. The summed E-state index contributed by atoms with van der Waals surface area (Å²) < 4.78 is 22.6. The lowest BCUT2D eigenvalue weighted by atomic mass is 9.97. The highest BCUT2D eigenvalue weighted by Crippen LogP contribution is 2.30. The average Bonchev–Trinajstić information content (AvgIpc) is 3.23. The molecule has 14 heteroatoms. The Morgan fingerprint density at radius 2 is 1.17 bits per heavy atom. The van der Waals surface area contributed by atoms with Crippen molar-refractivity contribution >= 4 is 5.91 Å². The van der Waals surface area contributed by atoms with E-state index in [1.54, 1.807) is 0 Å². The molecule has 0 aromatic rings. The second-order valence-electron chi connectivity index (χ2n) is 16.2. The van der Waals surface area contributed by atoms with E-state index in [1.807, 2.05) is 0 Å². The van der Waals surface area contributed by atoms with E-state index in [0.29, 0.717) is 12.8 Å². The van der Waals surface area contributed by atoms with E-state index in [0.717, 1.165) is 64.2 Å². The predicted octanol–water partition coefficient (Wildman–Crippen LogP) is 4.37. The molecule has 1 amide bonds. The van der Waals surface area contributed by atoms with Crippen LogP contribution in [-0.2, 0) is 23.7 Å². The van der Waals surface area contributed by atoms with Crippen LogP contribution < -0.4 is 5.32 Å². The van der Waals surface area contributed by atoms with Crippen LogP contribution in [0.15, 0.2) is 36.5 Å². The van der Waals surface area contributed by atoms with E-state index >= 15 is 0 Å². The normalized spacial score (nSPS) is 28.8. The van der Waals surface area contributed by atoms with Gasteiger partial charge in [0.2, 0.25) is 5.91 Å². The molecule has 12 atom stereocenters. The monoisotopic (exact) mass is 844 g/mol. The fourth-order valence-corrected chi connectivity index (χ4v) is 7.37. The molecule has 2 aliphatic rings.